The highest BCUT2D eigenvalue weighted by Crippen LogP contribution is 2.19. The molecule has 0 atom stereocenters. The average molecular weight is 376 g/mol. The molecule has 148 valence electrons. The molecule has 2 N–H and O–H groups in total. The molecule has 0 aliphatic heterocycles. The molecule has 7 heteroatoms. The molecule has 7 nitrogen and oxygen atoms in total. The van der Waals surface area contributed by atoms with Crippen molar-refractivity contribution in [2.45, 2.75) is 57.9 Å². The summed E-state index contributed by atoms with van der Waals surface area (Å²) in [6.45, 7) is 1.97. The summed E-state index contributed by atoms with van der Waals surface area (Å²) >= 11 is 0. The molecule has 1 aliphatic rings. The van der Waals surface area contributed by atoms with Crippen molar-refractivity contribution in [2.24, 2.45) is 0 Å². The number of imide groups is 1. The number of hydrogen-bond acceptors (Lipinski definition) is 5. The second kappa shape index (κ2) is 11.2. The molecular formula is C20H28N2O5. The molecule has 1 aromatic carbocycles. The number of aryl methyl sites for hydroxylation is 1. The summed E-state index contributed by atoms with van der Waals surface area (Å²) in [7, 11) is 0. The Kier molecular flexibility index (Phi) is 8.61. The lowest BCUT2D eigenvalue weighted by molar-refractivity contribution is -0.148. The fourth-order valence-electron chi connectivity index (χ4n) is 3.09. The molecular weight excluding hydrogens is 348 g/mol. The van der Waals surface area contributed by atoms with Gasteiger partial charge < -0.3 is 14.8 Å². The summed E-state index contributed by atoms with van der Waals surface area (Å²) in [4.78, 5) is 35.4. The maximum Gasteiger partial charge on any atom is 0.321 e. The van der Waals surface area contributed by atoms with Gasteiger partial charge in [-0.05, 0) is 37.8 Å². The SMILES string of the molecule is CCOc1ccccc1CCC(=O)OCC(=O)NC(=O)NC1CCCCC1. The third-order valence-electron chi connectivity index (χ3n) is 4.43. The number of urea groups is 1. The van der Waals surface area contributed by atoms with Crippen LogP contribution >= 0.6 is 0 Å². The second-order valence-corrected chi connectivity index (χ2v) is 6.56. The summed E-state index contributed by atoms with van der Waals surface area (Å²) in [6, 6.07) is 7.06. The quantitative estimate of drug-likeness (QED) is 0.681. The van der Waals surface area contributed by atoms with Gasteiger partial charge in [0.15, 0.2) is 6.61 Å². The Hall–Kier alpha value is -2.57. The minimum Gasteiger partial charge on any atom is -0.494 e. The summed E-state index contributed by atoms with van der Waals surface area (Å²) in [5.41, 5.74) is 0.910. The van der Waals surface area contributed by atoms with E-state index in [-0.39, 0.29) is 12.5 Å². The van der Waals surface area contributed by atoms with E-state index in [1.165, 1.54) is 6.42 Å². The summed E-state index contributed by atoms with van der Waals surface area (Å²) < 4.78 is 10.5. The van der Waals surface area contributed by atoms with E-state index in [2.05, 4.69) is 10.6 Å². The Morgan fingerprint density at radius 3 is 2.59 bits per heavy atom. The fraction of sp³-hybridized carbons (Fsp3) is 0.550. The number of carbonyl (C=O) groups is 3. The lowest BCUT2D eigenvalue weighted by Crippen LogP contribution is -2.46. The molecule has 0 radical (unpaired) electrons. The number of rotatable bonds is 8. The predicted molar refractivity (Wildman–Crippen MR) is 100 cm³/mol. The molecule has 2 rings (SSSR count). The zero-order valence-corrected chi connectivity index (χ0v) is 15.8. The van der Waals surface area contributed by atoms with Crippen molar-refractivity contribution in [1.29, 1.82) is 0 Å². The smallest absolute Gasteiger partial charge is 0.321 e. The van der Waals surface area contributed by atoms with E-state index in [1.807, 2.05) is 31.2 Å². The third kappa shape index (κ3) is 7.68. The minimum atomic E-state index is -0.633. The molecule has 0 saturated heterocycles. The van der Waals surface area contributed by atoms with Crippen LogP contribution in [0.4, 0.5) is 4.79 Å². The number of hydrogen-bond donors (Lipinski definition) is 2. The molecule has 0 unspecified atom stereocenters. The lowest BCUT2D eigenvalue weighted by atomic mass is 9.96. The van der Waals surface area contributed by atoms with Crippen LogP contribution < -0.4 is 15.4 Å². The van der Waals surface area contributed by atoms with Gasteiger partial charge in [0.25, 0.3) is 5.91 Å². The zero-order chi connectivity index (χ0) is 19.5. The third-order valence-corrected chi connectivity index (χ3v) is 4.43. The summed E-state index contributed by atoms with van der Waals surface area (Å²) in [6.07, 6.45) is 5.81. The van der Waals surface area contributed by atoms with Gasteiger partial charge in [0.05, 0.1) is 6.61 Å². The van der Waals surface area contributed by atoms with Crippen LogP contribution in [-0.4, -0.2) is 37.2 Å². The normalized spacial score (nSPS) is 14.3. The van der Waals surface area contributed by atoms with Crippen molar-refractivity contribution >= 4 is 17.9 Å². The van der Waals surface area contributed by atoms with Gasteiger partial charge in [-0.1, -0.05) is 37.5 Å². The first-order valence-electron chi connectivity index (χ1n) is 9.55. The van der Waals surface area contributed by atoms with Gasteiger partial charge >= 0.3 is 12.0 Å². The van der Waals surface area contributed by atoms with Crippen LogP contribution in [0, 0.1) is 0 Å². The molecule has 1 aliphatic carbocycles. The zero-order valence-electron chi connectivity index (χ0n) is 15.8. The maximum absolute atomic E-state index is 11.8. The topological polar surface area (TPSA) is 93.7 Å². The predicted octanol–water partition coefficient (Wildman–Crippen LogP) is 2.72. The Balaban J connectivity index is 1.66. The van der Waals surface area contributed by atoms with Crippen LogP contribution in [0.3, 0.4) is 0 Å². The van der Waals surface area contributed by atoms with E-state index in [0.29, 0.717) is 13.0 Å². The molecule has 0 bridgehead atoms. The van der Waals surface area contributed by atoms with Gasteiger partial charge in [-0.25, -0.2) is 4.79 Å². The number of esters is 1. The number of para-hydroxylation sites is 1. The van der Waals surface area contributed by atoms with Crippen molar-refractivity contribution in [3.8, 4) is 5.75 Å². The fourth-order valence-corrected chi connectivity index (χ4v) is 3.09. The lowest BCUT2D eigenvalue weighted by Gasteiger charge is -2.22. The van der Waals surface area contributed by atoms with Crippen LogP contribution in [0.2, 0.25) is 0 Å². The van der Waals surface area contributed by atoms with Gasteiger partial charge in [-0.3, -0.25) is 14.9 Å². The highest BCUT2D eigenvalue weighted by atomic mass is 16.5. The average Bonchev–Trinajstić information content (AvgIpc) is 2.66. The maximum atomic E-state index is 11.8. The highest BCUT2D eigenvalue weighted by molar-refractivity contribution is 5.95. The van der Waals surface area contributed by atoms with Gasteiger partial charge in [0.2, 0.25) is 0 Å². The van der Waals surface area contributed by atoms with Gasteiger partial charge in [0, 0.05) is 12.5 Å². The Labute approximate surface area is 159 Å². The molecule has 1 fully saturated rings. The van der Waals surface area contributed by atoms with Crippen LogP contribution in [0.1, 0.15) is 51.0 Å². The van der Waals surface area contributed by atoms with E-state index >= 15 is 0 Å². The van der Waals surface area contributed by atoms with Crippen molar-refractivity contribution in [3.05, 3.63) is 29.8 Å². The Morgan fingerprint density at radius 2 is 1.85 bits per heavy atom. The molecule has 1 aromatic rings. The molecule has 27 heavy (non-hydrogen) atoms. The van der Waals surface area contributed by atoms with Crippen molar-refractivity contribution in [3.63, 3.8) is 0 Å². The van der Waals surface area contributed by atoms with E-state index in [0.717, 1.165) is 37.0 Å². The van der Waals surface area contributed by atoms with Crippen LogP contribution in [0.25, 0.3) is 0 Å². The molecule has 3 amide bonds. The van der Waals surface area contributed by atoms with Crippen LogP contribution in [0.5, 0.6) is 5.75 Å². The Morgan fingerprint density at radius 1 is 1.11 bits per heavy atom. The van der Waals surface area contributed by atoms with Crippen molar-refractivity contribution in [2.75, 3.05) is 13.2 Å². The van der Waals surface area contributed by atoms with E-state index in [1.54, 1.807) is 0 Å². The minimum absolute atomic E-state index is 0.111. The Bertz CT molecular complexity index is 641. The largest absolute Gasteiger partial charge is 0.494 e. The number of amides is 3. The van der Waals surface area contributed by atoms with Crippen LogP contribution in [0.15, 0.2) is 24.3 Å². The first-order chi connectivity index (χ1) is 13.1. The number of ether oxygens (including phenoxy) is 2. The van der Waals surface area contributed by atoms with Gasteiger partial charge in [0.1, 0.15) is 5.75 Å². The highest BCUT2D eigenvalue weighted by Gasteiger charge is 2.17. The number of benzene rings is 1. The first-order valence-corrected chi connectivity index (χ1v) is 9.55. The summed E-state index contributed by atoms with van der Waals surface area (Å²) in [5, 5.41) is 4.97. The first kappa shape index (κ1) is 20.7. The van der Waals surface area contributed by atoms with Crippen molar-refractivity contribution < 1.29 is 23.9 Å². The molecule has 0 heterocycles. The molecule has 0 spiro atoms. The van der Waals surface area contributed by atoms with E-state index in [4.69, 9.17) is 9.47 Å². The summed E-state index contributed by atoms with van der Waals surface area (Å²) in [5.74, 6) is -0.388. The standard InChI is InChI=1S/C20H28N2O5/c1-2-26-17-11-7-6-8-15(17)12-13-19(24)27-14-18(23)22-20(25)21-16-9-4-3-5-10-16/h6-8,11,16H,2-5,9-10,12-14H2,1H3,(H2,21,22,23,25). The number of carbonyl (C=O) groups excluding carboxylic acids is 3. The van der Waals surface area contributed by atoms with Gasteiger partial charge in [-0.15, -0.1) is 0 Å². The van der Waals surface area contributed by atoms with Crippen LogP contribution in [-0.2, 0) is 20.7 Å². The monoisotopic (exact) mass is 376 g/mol. The second-order valence-electron chi connectivity index (χ2n) is 6.56. The van der Waals surface area contributed by atoms with E-state index in [9.17, 15) is 14.4 Å². The van der Waals surface area contributed by atoms with Gasteiger partial charge in [-0.2, -0.15) is 0 Å². The van der Waals surface area contributed by atoms with Crippen molar-refractivity contribution in [1.82, 2.24) is 10.6 Å². The molecule has 0 aromatic heterocycles. The molecule has 1 saturated carbocycles. The number of nitrogens with one attached hydrogen (secondary N) is 2. The van der Waals surface area contributed by atoms with E-state index < -0.39 is 24.5 Å².